The lowest BCUT2D eigenvalue weighted by Gasteiger charge is -2.35. The third-order valence-corrected chi connectivity index (χ3v) is 4.39. The minimum atomic E-state index is -0.135. The molecule has 1 heterocycles. The van der Waals surface area contributed by atoms with Gasteiger partial charge >= 0.3 is 0 Å². The Kier molecular flexibility index (Phi) is 7.71. The predicted octanol–water partition coefficient (Wildman–Crippen LogP) is 0.497. The number of halogens is 2. The number of aliphatic hydroxyl groups is 1. The summed E-state index contributed by atoms with van der Waals surface area (Å²) in [6.45, 7) is 5.17. The van der Waals surface area contributed by atoms with Gasteiger partial charge in [-0.25, -0.2) is 0 Å². The molecule has 2 aliphatic carbocycles. The molecule has 1 aliphatic heterocycles. The normalized spacial score (nSPS) is 24.6. The Morgan fingerprint density at radius 1 is 1.05 bits per heavy atom. The van der Waals surface area contributed by atoms with Crippen LogP contribution in [0.1, 0.15) is 25.7 Å². The van der Waals surface area contributed by atoms with Crippen LogP contribution in [-0.4, -0.2) is 72.2 Å². The molecule has 3 rings (SSSR count). The number of carbonyl (C=O) groups is 1. The van der Waals surface area contributed by atoms with Gasteiger partial charge in [-0.05, 0) is 31.6 Å². The molecule has 3 aliphatic rings. The molecule has 5 nitrogen and oxygen atoms in total. The highest BCUT2D eigenvalue weighted by atomic mass is 35.5. The molecule has 0 radical (unpaired) electrons. The fourth-order valence-corrected chi connectivity index (χ4v) is 2.73. The number of piperazine rings is 1. The summed E-state index contributed by atoms with van der Waals surface area (Å²) in [5, 5.41) is 13.0. The zero-order valence-electron chi connectivity index (χ0n) is 12.4. The molecule has 0 aromatic rings. The largest absolute Gasteiger partial charge is 0.392 e. The van der Waals surface area contributed by atoms with E-state index in [0.29, 0.717) is 18.5 Å². The van der Waals surface area contributed by atoms with Crippen molar-refractivity contribution in [3.63, 3.8) is 0 Å². The van der Waals surface area contributed by atoms with E-state index >= 15 is 0 Å². The Bertz CT molecular complexity index is 330. The average molecular weight is 340 g/mol. The second-order valence-corrected chi connectivity index (χ2v) is 6.32. The number of nitrogens with one attached hydrogen (secondary N) is 1. The van der Waals surface area contributed by atoms with Crippen molar-refractivity contribution in [2.45, 2.75) is 37.8 Å². The lowest BCUT2D eigenvalue weighted by Crippen LogP contribution is -2.51. The van der Waals surface area contributed by atoms with Gasteiger partial charge in [0.2, 0.25) is 5.91 Å². The molecule has 1 unspecified atom stereocenters. The molecule has 1 saturated heterocycles. The first kappa shape index (κ1) is 19.0. The van der Waals surface area contributed by atoms with Crippen LogP contribution in [0.4, 0.5) is 0 Å². The quantitative estimate of drug-likeness (QED) is 0.739. The van der Waals surface area contributed by atoms with E-state index in [1.54, 1.807) is 0 Å². The van der Waals surface area contributed by atoms with Crippen LogP contribution >= 0.6 is 24.8 Å². The van der Waals surface area contributed by atoms with E-state index < -0.39 is 0 Å². The summed E-state index contributed by atoms with van der Waals surface area (Å²) >= 11 is 0. The van der Waals surface area contributed by atoms with E-state index in [0.717, 1.165) is 45.6 Å². The van der Waals surface area contributed by atoms with Crippen molar-refractivity contribution in [2.75, 3.05) is 39.3 Å². The number of β-amino-alcohol motifs (C(OH)–C–C–N with tert-alkyl or cyclic N) is 1. The standard InChI is InChI=1S/C14H25N3O2.2ClH/c18-13(11-1-2-11)9-16-5-7-17(8-6-16)10-14(19)15-12-3-4-12;;/h11-13,18H,1-10H2,(H,15,19);2*1H. The van der Waals surface area contributed by atoms with Crippen LogP contribution in [0, 0.1) is 5.92 Å². The Balaban J connectivity index is 0.00000110. The molecule has 3 fully saturated rings. The van der Waals surface area contributed by atoms with Gasteiger partial charge in [0.1, 0.15) is 0 Å². The first-order chi connectivity index (χ1) is 9.20. The van der Waals surface area contributed by atoms with Gasteiger partial charge < -0.3 is 10.4 Å². The van der Waals surface area contributed by atoms with Gasteiger partial charge in [0, 0.05) is 38.8 Å². The van der Waals surface area contributed by atoms with Crippen molar-refractivity contribution in [3.8, 4) is 0 Å². The van der Waals surface area contributed by atoms with Gasteiger partial charge in [0.25, 0.3) is 0 Å². The molecule has 1 atom stereocenters. The Hall–Kier alpha value is -0.0700. The maximum Gasteiger partial charge on any atom is 0.234 e. The number of hydrogen-bond acceptors (Lipinski definition) is 4. The number of amides is 1. The van der Waals surface area contributed by atoms with Gasteiger partial charge in [0.05, 0.1) is 12.6 Å². The van der Waals surface area contributed by atoms with Crippen molar-refractivity contribution in [1.29, 1.82) is 0 Å². The second-order valence-electron chi connectivity index (χ2n) is 6.32. The van der Waals surface area contributed by atoms with Gasteiger partial charge in [0.15, 0.2) is 0 Å². The summed E-state index contributed by atoms with van der Waals surface area (Å²) in [6.07, 6.45) is 4.56. The highest BCUT2D eigenvalue weighted by molar-refractivity contribution is 5.85. The zero-order valence-corrected chi connectivity index (χ0v) is 14.0. The molecule has 0 bridgehead atoms. The van der Waals surface area contributed by atoms with E-state index in [1.807, 2.05) is 0 Å². The highest BCUT2D eigenvalue weighted by Gasteiger charge is 2.32. The summed E-state index contributed by atoms with van der Waals surface area (Å²) < 4.78 is 0. The van der Waals surface area contributed by atoms with Crippen LogP contribution in [-0.2, 0) is 4.79 Å². The number of nitrogens with zero attached hydrogens (tertiary/aromatic N) is 2. The molecular formula is C14H27Cl2N3O2. The first-order valence-electron chi connectivity index (χ1n) is 7.63. The van der Waals surface area contributed by atoms with E-state index in [-0.39, 0.29) is 36.8 Å². The number of aliphatic hydroxyl groups excluding tert-OH is 1. The maximum absolute atomic E-state index is 11.7. The van der Waals surface area contributed by atoms with E-state index in [9.17, 15) is 9.90 Å². The Labute approximate surface area is 139 Å². The second kappa shape index (κ2) is 8.53. The minimum Gasteiger partial charge on any atom is -0.392 e. The number of rotatable bonds is 6. The zero-order chi connectivity index (χ0) is 13.2. The topological polar surface area (TPSA) is 55.8 Å². The smallest absolute Gasteiger partial charge is 0.234 e. The summed E-state index contributed by atoms with van der Waals surface area (Å²) in [6, 6.07) is 0.461. The fraction of sp³-hybridized carbons (Fsp3) is 0.929. The minimum absolute atomic E-state index is 0. The van der Waals surface area contributed by atoms with Crippen LogP contribution in [0.15, 0.2) is 0 Å². The lowest BCUT2D eigenvalue weighted by atomic mass is 10.2. The van der Waals surface area contributed by atoms with Gasteiger partial charge in [-0.15, -0.1) is 24.8 Å². The van der Waals surface area contributed by atoms with Crippen LogP contribution in [0.2, 0.25) is 0 Å². The van der Waals surface area contributed by atoms with E-state index in [1.165, 1.54) is 12.8 Å². The molecule has 2 N–H and O–H groups in total. The van der Waals surface area contributed by atoms with Crippen molar-refractivity contribution >= 4 is 30.7 Å². The molecule has 0 aromatic heterocycles. The maximum atomic E-state index is 11.7. The molecule has 0 spiro atoms. The fourth-order valence-electron chi connectivity index (χ4n) is 2.73. The molecular weight excluding hydrogens is 313 g/mol. The first-order valence-corrected chi connectivity index (χ1v) is 7.63. The Morgan fingerprint density at radius 3 is 2.14 bits per heavy atom. The van der Waals surface area contributed by atoms with Gasteiger partial charge in [-0.1, -0.05) is 0 Å². The third kappa shape index (κ3) is 6.28. The molecule has 0 aromatic carbocycles. The predicted molar refractivity (Wildman–Crippen MR) is 87.3 cm³/mol. The van der Waals surface area contributed by atoms with E-state index in [2.05, 4.69) is 15.1 Å². The monoisotopic (exact) mass is 339 g/mol. The third-order valence-electron chi connectivity index (χ3n) is 4.39. The summed E-state index contributed by atoms with van der Waals surface area (Å²) in [7, 11) is 0. The van der Waals surface area contributed by atoms with Crippen molar-refractivity contribution in [1.82, 2.24) is 15.1 Å². The van der Waals surface area contributed by atoms with Crippen LogP contribution in [0.3, 0.4) is 0 Å². The number of hydrogen-bond donors (Lipinski definition) is 2. The van der Waals surface area contributed by atoms with Gasteiger partial charge in [-0.3, -0.25) is 14.6 Å². The average Bonchev–Trinajstić information content (AvgIpc) is 3.25. The summed E-state index contributed by atoms with van der Waals surface area (Å²) in [5.74, 6) is 0.733. The number of carbonyl (C=O) groups excluding carboxylic acids is 1. The van der Waals surface area contributed by atoms with Crippen LogP contribution < -0.4 is 5.32 Å². The van der Waals surface area contributed by atoms with E-state index in [4.69, 9.17) is 0 Å². The van der Waals surface area contributed by atoms with Gasteiger partial charge in [-0.2, -0.15) is 0 Å². The lowest BCUT2D eigenvalue weighted by molar-refractivity contribution is -0.122. The summed E-state index contributed by atoms with van der Waals surface area (Å²) in [4.78, 5) is 16.3. The van der Waals surface area contributed by atoms with Crippen LogP contribution in [0.25, 0.3) is 0 Å². The molecule has 2 saturated carbocycles. The molecule has 1 amide bonds. The summed E-state index contributed by atoms with van der Waals surface area (Å²) in [5.41, 5.74) is 0. The SMILES string of the molecule is Cl.Cl.O=C(CN1CCN(CC(O)C2CC2)CC1)NC1CC1. The molecule has 7 heteroatoms. The van der Waals surface area contributed by atoms with Crippen LogP contribution in [0.5, 0.6) is 0 Å². The Morgan fingerprint density at radius 2 is 1.62 bits per heavy atom. The van der Waals surface area contributed by atoms with Crippen molar-refractivity contribution in [3.05, 3.63) is 0 Å². The van der Waals surface area contributed by atoms with Crippen molar-refractivity contribution < 1.29 is 9.90 Å². The van der Waals surface area contributed by atoms with Crippen molar-refractivity contribution in [2.24, 2.45) is 5.92 Å². The highest BCUT2D eigenvalue weighted by Crippen LogP contribution is 2.32. The molecule has 21 heavy (non-hydrogen) atoms. The molecule has 124 valence electrons.